The summed E-state index contributed by atoms with van der Waals surface area (Å²) in [6.45, 7) is 0. The first kappa shape index (κ1) is 8.20. The third-order valence-corrected chi connectivity index (χ3v) is 0.717. The summed E-state index contributed by atoms with van der Waals surface area (Å²) in [7, 11) is 0. The van der Waals surface area contributed by atoms with Crippen LogP contribution in [0.3, 0.4) is 0 Å². The molecular weight excluding hydrogens is 124 g/mol. The second-order valence-electron chi connectivity index (χ2n) is 1.38. The Bertz CT molecular complexity index is 189. The lowest BCUT2D eigenvalue weighted by Gasteiger charge is -1.69. The minimum absolute atomic E-state index is 1.24. The van der Waals surface area contributed by atoms with Crippen LogP contribution in [0.4, 0.5) is 0 Å². The minimum Gasteiger partial charge on any atom is -0.181 e. The van der Waals surface area contributed by atoms with Crippen molar-refractivity contribution in [2.24, 2.45) is 0 Å². The molecule has 10 heavy (non-hydrogen) atoms. The van der Waals surface area contributed by atoms with Gasteiger partial charge in [0.05, 0.1) is 0 Å². The van der Waals surface area contributed by atoms with Crippen LogP contribution in [0.2, 0.25) is 0 Å². The molecule has 1 aromatic carbocycles. The lowest BCUT2D eigenvalue weighted by molar-refractivity contribution is 1.49. The van der Waals surface area contributed by atoms with Crippen LogP contribution < -0.4 is 0 Å². The fraction of sp³-hybridized carbons (Fsp3) is 0. The standard InChI is InChI=1S/C6H6.C2N2/c1-2-4-6-5-3-1;3-1-2-4/h1-6H;. The molecule has 0 bridgehead atoms. The SMILES string of the molecule is N#CC#N.c1ccccc1. The summed E-state index contributed by atoms with van der Waals surface area (Å²) in [4.78, 5) is 0. The van der Waals surface area contributed by atoms with Crippen LogP contribution in [0.5, 0.6) is 0 Å². The Morgan fingerprint density at radius 1 is 0.600 bits per heavy atom. The molecule has 1 rings (SSSR count). The van der Waals surface area contributed by atoms with E-state index in [-0.39, 0.29) is 0 Å². The van der Waals surface area contributed by atoms with Crippen molar-refractivity contribution < 1.29 is 0 Å². The van der Waals surface area contributed by atoms with Crippen LogP contribution in [0.15, 0.2) is 36.4 Å². The zero-order valence-corrected chi connectivity index (χ0v) is 5.36. The molecule has 0 spiro atoms. The van der Waals surface area contributed by atoms with Gasteiger partial charge in [0.15, 0.2) is 12.1 Å². The highest BCUT2D eigenvalue weighted by molar-refractivity contribution is 4.99. The molecule has 0 unspecified atom stereocenters. The molecule has 0 aliphatic carbocycles. The largest absolute Gasteiger partial charge is 0.181 e. The average Bonchev–Trinajstić information content (AvgIpc) is 2.08. The summed E-state index contributed by atoms with van der Waals surface area (Å²) in [5.74, 6) is 0. The zero-order valence-electron chi connectivity index (χ0n) is 5.36. The van der Waals surface area contributed by atoms with Crippen LogP contribution >= 0.6 is 0 Å². The third-order valence-electron chi connectivity index (χ3n) is 0.717. The molecule has 1 aromatic rings. The van der Waals surface area contributed by atoms with E-state index in [4.69, 9.17) is 10.5 Å². The van der Waals surface area contributed by atoms with E-state index in [2.05, 4.69) is 0 Å². The molecule has 2 nitrogen and oxygen atoms in total. The average molecular weight is 130 g/mol. The van der Waals surface area contributed by atoms with Gasteiger partial charge in [-0.25, -0.2) is 0 Å². The Morgan fingerprint density at radius 2 is 0.800 bits per heavy atom. The van der Waals surface area contributed by atoms with E-state index in [9.17, 15) is 0 Å². The number of nitrogens with zero attached hydrogens (tertiary/aromatic N) is 2. The lowest BCUT2D eigenvalue weighted by atomic mass is 10.4. The molecule has 0 aliphatic rings. The van der Waals surface area contributed by atoms with Crippen molar-refractivity contribution in [3.63, 3.8) is 0 Å². The first-order valence-electron chi connectivity index (χ1n) is 2.70. The van der Waals surface area contributed by atoms with Crippen LogP contribution in [0.1, 0.15) is 0 Å². The van der Waals surface area contributed by atoms with Gasteiger partial charge < -0.3 is 0 Å². The van der Waals surface area contributed by atoms with Gasteiger partial charge in [0, 0.05) is 0 Å². The van der Waals surface area contributed by atoms with Crippen LogP contribution in [-0.2, 0) is 0 Å². The van der Waals surface area contributed by atoms with Crippen LogP contribution in [0, 0.1) is 22.7 Å². The molecule has 0 atom stereocenters. The number of rotatable bonds is 0. The van der Waals surface area contributed by atoms with Gasteiger partial charge >= 0.3 is 0 Å². The van der Waals surface area contributed by atoms with E-state index >= 15 is 0 Å². The van der Waals surface area contributed by atoms with Gasteiger partial charge in [0.25, 0.3) is 0 Å². The molecule has 0 aromatic heterocycles. The van der Waals surface area contributed by atoms with E-state index in [1.165, 1.54) is 12.1 Å². The molecule has 0 amide bonds. The Kier molecular flexibility index (Phi) is 5.90. The highest BCUT2D eigenvalue weighted by Crippen LogP contribution is 1.79. The van der Waals surface area contributed by atoms with Crippen LogP contribution in [-0.4, -0.2) is 0 Å². The fourth-order valence-electron chi connectivity index (χ4n) is 0.385. The van der Waals surface area contributed by atoms with Gasteiger partial charge in [-0.15, -0.1) is 0 Å². The summed E-state index contributed by atoms with van der Waals surface area (Å²) in [6, 6.07) is 14.5. The fourth-order valence-corrected chi connectivity index (χ4v) is 0.385. The molecule has 0 radical (unpaired) electrons. The topological polar surface area (TPSA) is 47.6 Å². The van der Waals surface area contributed by atoms with Crippen molar-refractivity contribution in [2.75, 3.05) is 0 Å². The summed E-state index contributed by atoms with van der Waals surface area (Å²) in [5.41, 5.74) is 0. The lowest BCUT2D eigenvalue weighted by Crippen LogP contribution is -1.47. The molecular formula is C8H6N2. The Hall–Kier alpha value is -1.80. The second-order valence-corrected chi connectivity index (χ2v) is 1.38. The van der Waals surface area contributed by atoms with Crippen molar-refractivity contribution >= 4 is 0 Å². The predicted molar refractivity (Wildman–Crippen MR) is 37.7 cm³/mol. The molecule has 0 heterocycles. The Balaban J connectivity index is 0.000000180. The van der Waals surface area contributed by atoms with Crippen molar-refractivity contribution in [1.29, 1.82) is 10.5 Å². The molecule has 2 heteroatoms. The van der Waals surface area contributed by atoms with Crippen molar-refractivity contribution in [1.82, 2.24) is 0 Å². The van der Waals surface area contributed by atoms with E-state index in [0.717, 1.165) is 0 Å². The molecule has 0 N–H and O–H groups in total. The maximum absolute atomic E-state index is 7.26. The quantitative estimate of drug-likeness (QED) is 0.536. The summed E-state index contributed by atoms with van der Waals surface area (Å²) >= 11 is 0. The normalized spacial score (nSPS) is 5.80. The maximum Gasteiger partial charge on any atom is 0.181 e. The predicted octanol–water partition coefficient (Wildman–Crippen LogP) is 1.72. The van der Waals surface area contributed by atoms with E-state index in [1.807, 2.05) is 36.4 Å². The molecule has 0 aliphatic heterocycles. The monoisotopic (exact) mass is 130 g/mol. The smallest absolute Gasteiger partial charge is 0.181 e. The number of benzene rings is 1. The number of hydrogen-bond acceptors (Lipinski definition) is 2. The van der Waals surface area contributed by atoms with Crippen molar-refractivity contribution in [3.8, 4) is 12.1 Å². The van der Waals surface area contributed by atoms with Gasteiger partial charge in [0.1, 0.15) is 0 Å². The Labute approximate surface area is 60.0 Å². The Morgan fingerprint density at radius 3 is 0.900 bits per heavy atom. The first-order valence-corrected chi connectivity index (χ1v) is 2.70. The molecule has 0 saturated heterocycles. The molecule has 0 saturated carbocycles. The maximum atomic E-state index is 7.26. The van der Waals surface area contributed by atoms with Gasteiger partial charge in [-0.05, 0) is 0 Å². The van der Waals surface area contributed by atoms with Gasteiger partial charge in [-0.1, -0.05) is 36.4 Å². The summed E-state index contributed by atoms with van der Waals surface area (Å²) in [5, 5.41) is 14.5. The zero-order chi connectivity index (χ0) is 7.66. The molecule has 0 fully saturated rings. The summed E-state index contributed by atoms with van der Waals surface area (Å²) in [6.07, 6.45) is 0. The van der Waals surface area contributed by atoms with Gasteiger partial charge in [-0.3, -0.25) is 0 Å². The number of hydrogen-bond donors (Lipinski definition) is 0. The third kappa shape index (κ3) is 6.20. The van der Waals surface area contributed by atoms with E-state index < -0.39 is 0 Å². The van der Waals surface area contributed by atoms with E-state index in [1.54, 1.807) is 0 Å². The summed E-state index contributed by atoms with van der Waals surface area (Å²) < 4.78 is 0. The van der Waals surface area contributed by atoms with Gasteiger partial charge in [0.2, 0.25) is 0 Å². The number of nitriles is 2. The highest BCUT2D eigenvalue weighted by atomic mass is 14.3. The van der Waals surface area contributed by atoms with Gasteiger partial charge in [-0.2, -0.15) is 10.5 Å². The van der Waals surface area contributed by atoms with Crippen molar-refractivity contribution in [2.45, 2.75) is 0 Å². The van der Waals surface area contributed by atoms with Crippen molar-refractivity contribution in [3.05, 3.63) is 36.4 Å². The van der Waals surface area contributed by atoms with E-state index in [0.29, 0.717) is 0 Å². The van der Waals surface area contributed by atoms with Crippen LogP contribution in [0.25, 0.3) is 0 Å². The molecule has 48 valence electrons. The first-order chi connectivity index (χ1) is 4.91. The second kappa shape index (κ2) is 7.20. The highest BCUT2D eigenvalue weighted by Gasteiger charge is 1.57. The minimum atomic E-state index is 1.24.